The van der Waals surface area contributed by atoms with Crippen molar-refractivity contribution in [1.82, 2.24) is 15.1 Å². The summed E-state index contributed by atoms with van der Waals surface area (Å²) in [5, 5.41) is 7.11. The lowest BCUT2D eigenvalue weighted by molar-refractivity contribution is 0.0937. The Labute approximate surface area is 136 Å². The third-order valence-electron chi connectivity index (χ3n) is 3.92. The van der Waals surface area contributed by atoms with E-state index < -0.39 is 0 Å². The van der Waals surface area contributed by atoms with Gasteiger partial charge in [0.2, 0.25) is 0 Å². The van der Waals surface area contributed by atoms with E-state index in [2.05, 4.69) is 10.4 Å². The lowest BCUT2D eigenvalue weighted by atomic mass is 10.1. The molecule has 3 rings (SSSR count). The van der Waals surface area contributed by atoms with Gasteiger partial charge in [-0.15, -0.1) is 0 Å². The van der Waals surface area contributed by atoms with E-state index in [1.807, 2.05) is 41.2 Å². The Morgan fingerprint density at radius 3 is 2.83 bits per heavy atom. The van der Waals surface area contributed by atoms with Crippen molar-refractivity contribution in [1.29, 1.82) is 0 Å². The van der Waals surface area contributed by atoms with Crippen molar-refractivity contribution in [3.63, 3.8) is 0 Å². The van der Waals surface area contributed by atoms with Crippen molar-refractivity contribution < 1.29 is 9.53 Å². The van der Waals surface area contributed by atoms with Gasteiger partial charge in [0, 0.05) is 37.7 Å². The molecule has 5 heteroatoms. The Balaban J connectivity index is 1.36. The molecule has 1 aliphatic carbocycles. The summed E-state index contributed by atoms with van der Waals surface area (Å²) < 4.78 is 7.41. The highest BCUT2D eigenvalue weighted by Gasteiger charge is 2.20. The first-order valence-electron chi connectivity index (χ1n) is 8.23. The summed E-state index contributed by atoms with van der Waals surface area (Å²) in [6.07, 6.45) is 7.16. The van der Waals surface area contributed by atoms with Crippen molar-refractivity contribution in [2.24, 2.45) is 5.92 Å². The van der Waals surface area contributed by atoms with Crippen LogP contribution in [0.4, 0.5) is 0 Å². The van der Waals surface area contributed by atoms with Gasteiger partial charge in [0.1, 0.15) is 0 Å². The van der Waals surface area contributed by atoms with Crippen LogP contribution in [0.5, 0.6) is 0 Å². The minimum absolute atomic E-state index is 0.0298. The molecule has 0 atom stereocenters. The topological polar surface area (TPSA) is 56.1 Å². The van der Waals surface area contributed by atoms with Crippen LogP contribution in [0.15, 0.2) is 42.7 Å². The van der Waals surface area contributed by atoms with Gasteiger partial charge in [-0.25, -0.2) is 0 Å². The normalized spacial score (nSPS) is 13.9. The summed E-state index contributed by atoms with van der Waals surface area (Å²) >= 11 is 0. The standard InChI is InChI=1S/C18H23N3O2/c22-18(19-9-2-12-23-14-16-3-4-16)17-7-5-15(6-8-17)13-21-11-1-10-20-21/h1,5-8,10-11,16H,2-4,9,12-14H2,(H,19,22). The van der Waals surface area contributed by atoms with Gasteiger partial charge in [-0.3, -0.25) is 9.48 Å². The molecule has 1 fully saturated rings. The number of amides is 1. The quantitative estimate of drug-likeness (QED) is 0.724. The molecule has 1 aliphatic rings. The van der Waals surface area contributed by atoms with Crippen molar-refractivity contribution in [2.75, 3.05) is 19.8 Å². The van der Waals surface area contributed by atoms with E-state index in [4.69, 9.17) is 4.74 Å². The minimum Gasteiger partial charge on any atom is -0.381 e. The van der Waals surface area contributed by atoms with E-state index in [1.54, 1.807) is 6.20 Å². The molecule has 23 heavy (non-hydrogen) atoms. The molecule has 1 aromatic carbocycles. The maximum atomic E-state index is 12.1. The fourth-order valence-corrected chi connectivity index (χ4v) is 2.36. The van der Waals surface area contributed by atoms with Gasteiger partial charge in [-0.2, -0.15) is 5.10 Å². The minimum atomic E-state index is -0.0298. The first-order chi connectivity index (χ1) is 11.3. The molecular formula is C18H23N3O2. The highest BCUT2D eigenvalue weighted by atomic mass is 16.5. The van der Waals surface area contributed by atoms with Crippen LogP contribution in [0.3, 0.4) is 0 Å². The number of nitrogens with one attached hydrogen (secondary N) is 1. The highest BCUT2D eigenvalue weighted by molar-refractivity contribution is 5.94. The largest absolute Gasteiger partial charge is 0.381 e. The summed E-state index contributed by atoms with van der Waals surface area (Å²) in [6.45, 7) is 2.97. The predicted octanol–water partition coefficient (Wildman–Crippen LogP) is 2.48. The molecule has 0 bridgehead atoms. The molecule has 0 unspecified atom stereocenters. The van der Waals surface area contributed by atoms with Gasteiger partial charge in [-0.05, 0) is 48.9 Å². The van der Waals surface area contributed by atoms with Gasteiger partial charge in [0.05, 0.1) is 6.54 Å². The van der Waals surface area contributed by atoms with E-state index in [0.717, 1.165) is 31.1 Å². The summed E-state index contributed by atoms with van der Waals surface area (Å²) in [7, 11) is 0. The number of ether oxygens (including phenoxy) is 1. The van der Waals surface area contributed by atoms with E-state index in [1.165, 1.54) is 12.8 Å². The number of carbonyl (C=O) groups excluding carboxylic acids is 1. The molecule has 0 radical (unpaired) electrons. The third-order valence-corrected chi connectivity index (χ3v) is 3.92. The monoisotopic (exact) mass is 313 g/mol. The van der Waals surface area contributed by atoms with Crippen LogP contribution < -0.4 is 5.32 Å². The molecule has 0 saturated heterocycles. The number of hydrogen-bond donors (Lipinski definition) is 1. The Kier molecular flexibility index (Phi) is 5.42. The van der Waals surface area contributed by atoms with Crippen LogP contribution in [-0.4, -0.2) is 35.4 Å². The average Bonchev–Trinajstić information content (AvgIpc) is 3.26. The Morgan fingerprint density at radius 2 is 2.13 bits per heavy atom. The van der Waals surface area contributed by atoms with Gasteiger partial charge in [-0.1, -0.05) is 12.1 Å². The van der Waals surface area contributed by atoms with Crippen LogP contribution in [0, 0.1) is 5.92 Å². The van der Waals surface area contributed by atoms with Crippen LogP contribution >= 0.6 is 0 Å². The lowest BCUT2D eigenvalue weighted by Crippen LogP contribution is -2.25. The number of nitrogens with zero attached hydrogens (tertiary/aromatic N) is 2. The van der Waals surface area contributed by atoms with Crippen LogP contribution in [0.25, 0.3) is 0 Å². The summed E-state index contributed by atoms with van der Waals surface area (Å²) in [5.74, 6) is 0.766. The van der Waals surface area contributed by atoms with Crippen molar-refractivity contribution in [2.45, 2.75) is 25.8 Å². The van der Waals surface area contributed by atoms with E-state index >= 15 is 0 Å². The molecule has 1 heterocycles. The molecule has 1 aromatic heterocycles. The van der Waals surface area contributed by atoms with Gasteiger partial charge < -0.3 is 10.1 Å². The summed E-state index contributed by atoms with van der Waals surface area (Å²) in [4.78, 5) is 12.1. The first kappa shape index (κ1) is 15.7. The molecule has 0 aliphatic heterocycles. The van der Waals surface area contributed by atoms with E-state index in [0.29, 0.717) is 18.7 Å². The number of benzene rings is 1. The van der Waals surface area contributed by atoms with E-state index in [9.17, 15) is 4.79 Å². The SMILES string of the molecule is O=C(NCCCOCC1CC1)c1ccc(Cn2cccn2)cc1. The fraction of sp³-hybridized carbons (Fsp3) is 0.444. The second kappa shape index (κ2) is 7.92. The zero-order valence-corrected chi connectivity index (χ0v) is 13.3. The second-order valence-corrected chi connectivity index (χ2v) is 6.03. The van der Waals surface area contributed by atoms with Crippen LogP contribution in [0.1, 0.15) is 35.2 Å². The maximum absolute atomic E-state index is 12.1. The van der Waals surface area contributed by atoms with Crippen molar-refractivity contribution in [3.05, 3.63) is 53.9 Å². The molecular weight excluding hydrogens is 290 g/mol. The van der Waals surface area contributed by atoms with Crippen LogP contribution in [-0.2, 0) is 11.3 Å². The number of hydrogen-bond acceptors (Lipinski definition) is 3. The number of carbonyl (C=O) groups is 1. The van der Waals surface area contributed by atoms with Gasteiger partial charge >= 0.3 is 0 Å². The van der Waals surface area contributed by atoms with Crippen LogP contribution in [0.2, 0.25) is 0 Å². The smallest absolute Gasteiger partial charge is 0.251 e. The lowest BCUT2D eigenvalue weighted by Gasteiger charge is -2.07. The third kappa shape index (κ3) is 5.21. The summed E-state index contributed by atoms with van der Waals surface area (Å²) in [5.41, 5.74) is 1.81. The Morgan fingerprint density at radius 1 is 1.30 bits per heavy atom. The second-order valence-electron chi connectivity index (χ2n) is 6.03. The first-order valence-corrected chi connectivity index (χ1v) is 8.23. The van der Waals surface area contributed by atoms with Gasteiger partial charge in [0.15, 0.2) is 0 Å². The zero-order chi connectivity index (χ0) is 15.9. The fourth-order valence-electron chi connectivity index (χ4n) is 2.36. The predicted molar refractivity (Wildman–Crippen MR) is 88.3 cm³/mol. The maximum Gasteiger partial charge on any atom is 0.251 e. The Hall–Kier alpha value is -2.14. The van der Waals surface area contributed by atoms with Gasteiger partial charge in [0.25, 0.3) is 5.91 Å². The zero-order valence-electron chi connectivity index (χ0n) is 13.3. The number of aromatic nitrogens is 2. The van der Waals surface area contributed by atoms with E-state index in [-0.39, 0.29) is 5.91 Å². The molecule has 1 amide bonds. The molecule has 1 saturated carbocycles. The average molecular weight is 313 g/mol. The summed E-state index contributed by atoms with van der Waals surface area (Å²) in [6, 6.07) is 9.55. The number of rotatable bonds is 9. The molecule has 122 valence electrons. The van der Waals surface area contributed by atoms with Crippen molar-refractivity contribution in [3.8, 4) is 0 Å². The Bertz CT molecular complexity index is 604. The molecule has 5 nitrogen and oxygen atoms in total. The van der Waals surface area contributed by atoms with Crippen molar-refractivity contribution >= 4 is 5.91 Å². The molecule has 2 aromatic rings. The molecule has 1 N–H and O–H groups in total. The highest BCUT2D eigenvalue weighted by Crippen LogP contribution is 2.28. The molecule has 0 spiro atoms.